The van der Waals surface area contributed by atoms with Crippen LogP contribution in [0.1, 0.15) is 31.2 Å². The molecule has 0 bridgehead atoms. The lowest BCUT2D eigenvalue weighted by molar-refractivity contribution is 0.681. The highest BCUT2D eigenvalue weighted by atomic mass is 32.2. The van der Waals surface area contributed by atoms with E-state index in [0.717, 1.165) is 12.3 Å². The standard InChI is InChI=1S/C17H24N2S2/c1-4-20-17-9-5-8-16(15(17)11-18)19(13(2)3)12-14-7-6-10-21-14/h5-10,13H,4,11-12,18H2,1-3H3. The van der Waals surface area contributed by atoms with Crippen LogP contribution in [0.15, 0.2) is 40.6 Å². The maximum Gasteiger partial charge on any atom is 0.0525 e. The molecule has 0 saturated heterocycles. The van der Waals surface area contributed by atoms with Gasteiger partial charge in [-0.25, -0.2) is 0 Å². The number of nitrogens with zero attached hydrogens (tertiary/aromatic N) is 1. The van der Waals surface area contributed by atoms with Crippen molar-refractivity contribution in [2.75, 3.05) is 10.7 Å². The van der Waals surface area contributed by atoms with Crippen molar-refractivity contribution in [3.63, 3.8) is 0 Å². The van der Waals surface area contributed by atoms with Gasteiger partial charge in [0.2, 0.25) is 0 Å². The van der Waals surface area contributed by atoms with E-state index in [1.165, 1.54) is 21.0 Å². The monoisotopic (exact) mass is 320 g/mol. The molecule has 0 saturated carbocycles. The van der Waals surface area contributed by atoms with E-state index in [4.69, 9.17) is 5.73 Å². The molecule has 114 valence electrons. The number of hydrogen-bond donors (Lipinski definition) is 1. The Labute approximate surface area is 136 Å². The van der Waals surface area contributed by atoms with Crippen LogP contribution in [0.25, 0.3) is 0 Å². The van der Waals surface area contributed by atoms with Gasteiger partial charge in [0.1, 0.15) is 0 Å². The van der Waals surface area contributed by atoms with Gasteiger partial charge in [-0.1, -0.05) is 19.1 Å². The third-order valence-electron chi connectivity index (χ3n) is 3.45. The first-order valence-electron chi connectivity index (χ1n) is 7.41. The zero-order chi connectivity index (χ0) is 15.2. The Morgan fingerprint density at radius 1 is 1.24 bits per heavy atom. The van der Waals surface area contributed by atoms with Crippen LogP contribution in [0.2, 0.25) is 0 Å². The van der Waals surface area contributed by atoms with Crippen molar-refractivity contribution in [2.45, 2.75) is 44.8 Å². The van der Waals surface area contributed by atoms with Gasteiger partial charge in [0.05, 0.1) is 6.54 Å². The average Bonchev–Trinajstić information content (AvgIpc) is 2.97. The van der Waals surface area contributed by atoms with Crippen LogP contribution in [0, 0.1) is 0 Å². The van der Waals surface area contributed by atoms with Crippen molar-refractivity contribution in [1.82, 2.24) is 0 Å². The summed E-state index contributed by atoms with van der Waals surface area (Å²) in [5.74, 6) is 1.07. The minimum absolute atomic E-state index is 0.444. The Morgan fingerprint density at radius 2 is 2.05 bits per heavy atom. The normalized spacial score (nSPS) is 11.1. The molecule has 21 heavy (non-hydrogen) atoms. The molecule has 1 heterocycles. The number of hydrogen-bond acceptors (Lipinski definition) is 4. The summed E-state index contributed by atoms with van der Waals surface area (Å²) >= 11 is 3.69. The van der Waals surface area contributed by atoms with Crippen LogP contribution in [0.5, 0.6) is 0 Å². The molecule has 2 rings (SSSR count). The SMILES string of the molecule is CCSc1cccc(N(Cc2cccs2)C(C)C)c1CN. The lowest BCUT2D eigenvalue weighted by Gasteiger charge is -2.31. The number of anilines is 1. The smallest absolute Gasteiger partial charge is 0.0525 e. The van der Waals surface area contributed by atoms with E-state index >= 15 is 0 Å². The van der Waals surface area contributed by atoms with E-state index in [2.05, 4.69) is 61.4 Å². The number of rotatable bonds is 7. The molecule has 0 amide bonds. The minimum atomic E-state index is 0.444. The molecule has 2 nitrogen and oxygen atoms in total. The van der Waals surface area contributed by atoms with Gasteiger partial charge in [-0.3, -0.25) is 0 Å². The zero-order valence-corrected chi connectivity index (χ0v) is 14.6. The van der Waals surface area contributed by atoms with Gasteiger partial charge < -0.3 is 10.6 Å². The van der Waals surface area contributed by atoms with Gasteiger partial charge in [0.25, 0.3) is 0 Å². The Bertz CT molecular complexity index is 550. The lowest BCUT2D eigenvalue weighted by Crippen LogP contribution is -2.31. The Kier molecular flexibility index (Phi) is 6.15. The molecule has 0 fully saturated rings. The minimum Gasteiger partial charge on any atom is -0.364 e. The molecule has 4 heteroatoms. The van der Waals surface area contributed by atoms with Crippen LogP contribution < -0.4 is 10.6 Å². The van der Waals surface area contributed by atoms with Gasteiger partial charge in [-0.05, 0) is 43.2 Å². The summed E-state index contributed by atoms with van der Waals surface area (Å²) in [5, 5.41) is 2.14. The maximum absolute atomic E-state index is 6.06. The van der Waals surface area contributed by atoms with Crippen LogP contribution in [-0.2, 0) is 13.1 Å². The van der Waals surface area contributed by atoms with Gasteiger partial charge in [-0.2, -0.15) is 0 Å². The summed E-state index contributed by atoms with van der Waals surface area (Å²) < 4.78 is 0. The molecular formula is C17H24N2S2. The summed E-state index contributed by atoms with van der Waals surface area (Å²) in [7, 11) is 0. The average molecular weight is 321 g/mol. The molecule has 2 aromatic rings. The topological polar surface area (TPSA) is 29.3 Å². The third kappa shape index (κ3) is 4.02. The fourth-order valence-electron chi connectivity index (χ4n) is 2.44. The predicted octanol–water partition coefficient (Wildman–Crippen LogP) is 4.73. The van der Waals surface area contributed by atoms with Gasteiger partial charge >= 0.3 is 0 Å². The van der Waals surface area contributed by atoms with Crippen LogP contribution in [0.4, 0.5) is 5.69 Å². The fraction of sp³-hybridized carbons (Fsp3) is 0.412. The van der Waals surface area contributed by atoms with E-state index in [1.54, 1.807) is 0 Å². The van der Waals surface area contributed by atoms with Crippen molar-refractivity contribution in [3.05, 3.63) is 46.2 Å². The lowest BCUT2D eigenvalue weighted by atomic mass is 10.1. The zero-order valence-electron chi connectivity index (χ0n) is 13.0. The van der Waals surface area contributed by atoms with Crippen LogP contribution >= 0.6 is 23.1 Å². The molecule has 2 N–H and O–H groups in total. The number of nitrogens with two attached hydrogens (primary N) is 1. The highest BCUT2D eigenvalue weighted by molar-refractivity contribution is 7.99. The molecular weight excluding hydrogens is 296 g/mol. The van der Waals surface area contributed by atoms with Gasteiger partial charge in [0, 0.05) is 33.6 Å². The Morgan fingerprint density at radius 3 is 2.62 bits per heavy atom. The molecule has 0 unspecified atom stereocenters. The first-order chi connectivity index (χ1) is 10.2. The highest BCUT2D eigenvalue weighted by Crippen LogP contribution is 2.32. The van der Waals surface area contributed by atoms with E-state index in [9.17, 15) is 0 Å². The predicted molar refractivity (Wildman–Crippen MR) is 96.4 cm³/mol. The molecule has 0 spiro atoms. The first-order valence-corrected chi connectivity index (χ1v) is 9.27. The summed E-state index contributed by atoms with van der Waals surface area (Å²) in [4.78, 5) is 5.16. The van der Waals surface area contributed by atoms with Crippen molar-refractivity contribution in [3.8, 4) is 0 Å². The van der Waals surface area contributed by atoms with E-state index < -0.39 is 0 Å². The fourth-order valence-corrected chi connectivity index (χ4v) is 3.99. The van der Waals surface area contributed by atoms with Crippen molar-refractivity contribution in [1.29, 1.82) is 0 Å². The van der Waals surface area contributed by atoms with Gasteiger partial charge in [0.15, 0.2) is 0 Å². The molecule has 0 atom stereocenters. The number of benzene rings is 1. The summed E-state index contributed by atoms with van der Waals surface area (Å²) in [6, 6.07) is 11.3. The molecule has 1 aromatic heterocycles. The number of thioether (sulfide) groups is 1. The second-order valence-corrected chi connectivity index (χ2v) is 7.53. The summed E-state index contributed by atoms with van der Waals surface area (Å²) in [5.41, 5.74) is 8.61. The van der Waals surface area contributed by atoms with Crippen molar-refractivity contribution >= 4 is 28.8 Å². The second kappa shape index (κ2) is 7.87. The molecule has 0 radical (unpaired) electrons. The molecule has 1 aromatic carbocycles. The quantitative estimate of drug-likeness (QED) is 0.748. The Balaban J connectivity index is 2.37. The maximum atomic E-state index is 6.06. The van der Waals surface area contributed by atoms with Crippen molar-refractivity contribution < 1.29 is 0 Å². The largest absolute Gasteiger partial charge is 0.364 e. The molecule has 0 aliphatic carbocycles. The summed E-state index contributed by atoms with van der Waals surface area (Å²) in [6.07, 6.45) is 0. The van der Waals surface area contributed by atoms with E-state index in [1.807, 2.05) is 23.1 Å². The summed E-state index contributed by atoms with van der Waals surface area (Å²) in [6.45, 7) is 8.21. The highest BCUT2D eigenvalue weighted by Gasteiger charge is 2.17. The third-order valence-corrected chi connectivity index (χ3v) is 5.29. The van der Waals surface area contributed by atoms with E-state index in [0.29, 0.717) is 12.6 Å². The first kappa shape index (κ1) is 16.4. The van der Waals surface area contributed by atoms with Crippen LogP contribution in [0.3, 0.4) is 0 Å². The second-order valence-electron chi connectivity index (χ2n) is 5.19. The molecule has 0 aliphatic rings. The van der Waals surface area contributed by atoms with E-state index in [-0.39, 0.29) is 0 Å². The van der Waals surface area contributed by atoms with Gasteiger partial charge in [-0.15, -0.1) is 23.1 Å². The van der Waals surface area contributed by atoms with Crippen LogP contribution in [-0.4, -0.2) is 11.8 Å². The number of thiophene rings is 1. The van der Waals surface area contributed by atoms with Crippen molar-refractivity contribution in [2.24, 2.45) is 5.73 Å². The Hall–Kier alpha value is -0.970. The molecule has 0 aliphatic heterocycles.